The molecule has 0 aromatic rings. The molecule has 1 aliphatic carbocycles. The summed E-state index contributed by atoms with van der Waals surface area (Å²) in [6.45, 7) is 3.40. The van der Waals surface area contributed by atoms with Gasteiger partial charge in [-0.15, -0.1) is 0 Å². The molecule has 2 rings (SSSR count). The topological polar surface area (TPSA) is 69.6 Å². The van der Waals surface area contributed by atoms with Crippen LogP contribution in [0.3, 0.4) is 0 Å². The number of carbonyl (C=O) groups is 2. The summed E-state index contributed by atoms with van der Waals surface area (Å²) in [7, 11) is 0. The molecule has 0 aromatic carbocycles. The second-order valence-electron chi connectivity index (χ2n) is 5.56. The number of carboxylic acid groups (broad SMARTS) is 1. The first-order valence-corrected chi connectivity index (χ1v) is 6.85. The Morgan fingerprint density at radius 1 is 1.39 bits per heavy atom. The van der Waals surface area contributed by atoms with E-state index in [1.807, 2.05) is 0 Å². The van der Waals surface area contributed by atoms with E-state index in [2.05, 4.69) is 12.2 Å². The Hall–Kier alpha value is -1.26. The summed E-state index contributed by atoms with van der Waals surface area (Å²) in [6, 6.07) is -0.844. The summed E-state index contributed by atoms with van der Waals surface area (Å²) in [5.74, 6) is -0.892. The zero-order valence-corrected chi connectivity index (χ0v) is 10.9. The molecule has 0 bridgehead atoms. The SMILES string of the molecule is CCC1(CNC(=O)N2CCC[C@H]2C(=O)O)CCC1. The van der Waals surface area contributed by atoms with E-state index < -0.39 is 12.0 Å². The minimum atomic E-state index is -0.892. The average molecular weight is 254 g/mol. The highest BCUT2D eigenvalue weighted by Crippen LogP contribution is 2.43. The quantitative estimate of drug-likeness (QED) is 0.804. The summed E-state index contributed by atoms with van der Waals surface area (Å²) in [5, 5.41) is 12.0. The number of urea groups is 1. The largest absolute Gasteiger partial charge is 0.480 e. The van der Waals surface area contributed by atoms with Crippen molar-refractivity contribution >= 4 is 12.0 Å². The standard InChI is InChI=1S/C13H22N2O3/c1-2-13(6-4-7-13)9-14-12(18)15-8-3-5-10(15)11(16)17/h10H,2-9H2,1H3,(H,14,18)(H,16,17)/t10-/m0/s1. The van der Waals surface area contributed by atoms with Gasteiger partial charge in [-0.3, -0.25) is 0 Å². The highest BCUT2D eigenvalue weighted by Gasteiger charge is 2.38. The molecule has 1 saturated carbocycles. The number of rotatable bonds is 4. The van der Waals surface area contributed by atoms with Gasteiger partial charge in [0, 0.05) is 13.1 Å². The van der Waals surface area contributed by atoms with Crippen molar-refractivity contribution in [3.63, 3.8) is 0 Å². The van der Waals surface area contributed by atoms with Crippen LogP contribution >= 0.6 is 0 Å². The van der Waals surface area contributed by atoms with Gasteiger partial charge in [-0.1, -0.05) is 13.3 Å². The van der Waals surface area contributed by atoms with E-state index in [1.54, 1.807) is 0 Å². The van der Waals surface area contributed by atoms with Crippen LogP contribution in [0, 0.1) is 5.41 Å². The lowest BCUT2D eigenvalue weighted by Gasteiger charge is -2.41. The lowest BCUT2D eigenvalue weighted by Crippen LogP contribution is -2.50. The van der Waals surface area contributed by atoms with Crippen LogP contribution in [0.4, 0.5) is 4.79 Å². The predicted molar refractivity (Wildman–Crippen MR) is 67.3 cm³/mol. The zero-order chi connectivity index (χ0) is 13.2. The fourth-order valence-electron chi connectivity index (χ4n) is 2.96. The molecule has 0 aromatic heterocycles. The molecule has 2 aliphatic rings. The maximum Gasteiger partial charge on any atom is 0.326 e. The molecule has 0 radical (unpaired) electrons. The van der Waals surface area contributed by atoms with E-state index in [0.29, 0.717) is 19.5 Å². The van der Waals surface area contributed by atoms with Gasteiger partial charge in [0.05, 0.1) is 0 Å². The third-order valence-corrected chi connectivity index (χ3v) is 4.58. The van der Waals surface area contributed by atoms with Gasteiger partial charge in [-0.25, -0.2) is 9.59 Å². The van der Waals surface area contributed by atoms with Gasteiger partial charge < -0.3 is 15.3 Å². The Kier molecular flexibility index (Phi) is 3.78. The van der Waals surface area contributed by atoms with Gasteiger partial charge in [0.2, 0.25) is 0 Å². The monoisotopic (exact) mass is 254 g/mol. The minimum Gasteiger partial charge on any atom is -0.480 e. The van der Waals surface area contributed by atoms with Crippen molar-refractivity contribution < 1.29 is 14.7 Å². The Morgan fingerprint density at radius 3 is 2.61 bits per heavy atom. The first kappa shape index (κ1) is 13.2. The molecule has 102 valence electrons. The Morgan fingerprint density at radius 2 is 2.11 bits per heavy atom. The Labute approximate surface area is 108 Å². The van der Waals surface area contributed by atoms with Crippen molar-refractivity contribution in [1.29, 1.82) is 0 Å². The molecule has 5 heteroatoms. The smallest absolute Gasteiger partial charge is 0.326 e. The Balaban J connectivity index is 1.86. The molecular formula is C13H22N2O3. The highest BCUT2D eigenvalue weighted by molar-refractivity contribution is 5.83. The third-order valence-electron chi connectivity index (χ3n) is 4.58. The molecule has 2 fully saturated rings. The summed E-state index contributed by atoms with van der Waals surface area (Å²) >= 11 is 0. The molecule has 2 N–H and O–H groups in total. The second kappa shape index (κ2) is 5.16. The van der Waals surface area contributed by atoms with Crippen molar-refractivity contribution in [2.75, 3.05) is 13.1 Å². The van der Waals surface area contributed by atoms with Gasteiger partial charge in [0.25, 0.3) is 0 Å². The molecule has 5 nitrogen and oxygen atoms in total. The molecule has 2 amide bonds. The van der Waals surface area contributed by atoms with E-state index in [1.165, 1.54) is 24.2 Å². The van der Waals surface area contributed by atoms with Crippen LogP contribution in [0.5, 0.6) is 0 Å². The fourth-order valence-corrected chi connectivity index (χ4v) is 2.96. The molecule has 1 aliphatic heterocycles. The number of carboxylic acids is 1. The molecule has 0 unspecified atom stereocenters. The van der Waals surface area contributed by atoms with E-state index >= 15 is 0 Å². The van der Waals surface area contributed by atoms with Crippen LogP contribution < -0.4 is 5.32 Å². The molecule has 1 atom stereocenters. The number of likely N-dealkylation sites (tertiary alicyclic amines) is 1. The number of nitrogens with zero attached hydrogens (tertiary/aromatic N) is 1. The first-order chi connectivity index (χ1) is 8.58. The van der Waals surface area contributed by atoms with Crippen LogP contribution in [0.2, 0.25) is 0 Å². The van der Waals surface area contributed by atoms with Crippen LogP contribution in [0.25, 0.3) is 0 Å². The number of hydrogen-bond acceptors (Lipinski definition) is 2. The molecule has 1 heterocycles. The number of hydrogen-bond donors (Lipinski definition) is 2. The highest BCUT2D eigenvalue weighted by atomic mass is 16.4. The average Bonchev–Trinajstić information content (AvgIpc) is 2.76. The summed E-state index contributed by atoms with van der Waals surface area (Å²) in [4.78, 5) is 24.5. The second-order valence-corrected chi connectivity index (χ2v) is 5.56. The van der Waals surface area contributed by atoms with Gasteiger partial charge in [0.15, 0.2) is 0 Å². The van der Waals surface area contributed by atoms with Crippen LogP contribution in [-0.4, -0.2) is 41.1 Å². The van der Waals surface area contributed by atoms with Gasteiger partial charge in [-0.05, 0) is 37.5 Å². The third kappa shape index (κ3) is 2.44. The first-order valence-electron chi connectivity index (χ1n) is 6.85. The van der Waals surface area contributed by atoms with Crippen molar-refractivity contribution in [3.05, 3.63) is 0 Å². The van der Waals surface area contributed by atoms with Crippen molar-refractivity contribution in [2.24, 2.45) is 5.41 Å². The molecule has 0 spiro atoms. The van der Waals surface area contributed by atoms with Crippen LogP contribution in [0.15, 0.2) is 0 Å². The summed E-state index contributed by atoms with van der Waals surface area (Å²) in [6.07, 6.45) is 6.02. The van der Waals surface area contributed by atoms with Crippen LogP contribution in [0.1, 0.15) is 45.4 Å². The maximum atomic E-state index is 12.0. The maximum absolute atomic E-state index is 12.0. The predicted octanol–water partition coefficient (Wildman–Crippen LogP) is 1.83. The number of amides is 2. The number of aliphatic carboxylic acids is 1. The fraction of sp³-hybridized carbons (Fsp3) is 0.846. The minimum absolute atomic E-state index is 0.209. The van der Waals surface area contributed by atoms with Gasteiger partial charge in [0.1, 0.15) is 6.04 Å². The van der Waals surface area contributed by atoms with E-state index in [-0.39, 0.29) is 11.4 Å². The van der Waals surface area contributed by atoms with E-state index in [9.17, 15) is 9.59 Å². The lowest BCUT2D eigenvalue weighted by atomic mass is 9.67. The zero-order valence-electron chi connectivity index (χ0n) is 10.9. The normalized spacial score (nSPS) is 25.6. The van der Waals surface area contributed by atoms with Crippen molar-refractivity contribution in [2.45, 2.75) is 51.5 Å². The van der Waals surface area contributed by atoms with Gasteiger partial charge in [-0.2, -0.15) is 0 Å². The van der Waals surface area contributed by atoms with Gasteiger partial charge >= 0.3 is 12.0 Å². The van der Waals surface area contributed by atoms with E-state index in [4.69, 9.17) is 5.11 Å². The van der Waals surface area contributed by atoms with Crippen molar-refractivity contribution in [3.8, 4) is 0 Å². The lowest BCUT2D eigenvalue weighted by molar-refractivity contribution is -0.141. The summed E-state index contributed by atoms with van der Waals surface area (Å²) in [5.41, 5.74) is 0.272. The Bertz CT molecular complexity index is 334. The van der Waals surface area contributed by atoms with E-state index in [0.717, 1.165) is 12.8 Å². The summed E-state index contributed by atoms with van der Waals surface area (Å²) < 4.78 is 0. The molecule has 1 saturated heterocycles. The van der Waals surface area contributed by atoms with Crippen LogP contribution in [-0.2, 0) is 4.79 Å². The number of nitrogens with one attached hydrogen (secondary N) is 1. The van der Waals surface area contributed by atoms with Crippen molar-refractivity contribution in [1.82, 2.24) is 10.2 Å². The molecule has 18 heavy (non-hydrogen) atoms. The number of carbonyl (C=O) groups excluding carboxylic acids is 1. The molecular weight excluding hydrogens is 232 g/mol.